The number of sulfone groups is 1. The molecule has 7 nitrogen and oxygen atoms in total. The van der Waals surface area contributed by atoms with Gasteiger partial charge in [-0.2, -0.15) is 26.3 Å². The van der Waals surface area contributed by atoms with E-state index in [2.05, 4.69) is 20.2 Å². The van der Waals surface area contributed by atoms with Gasteiger partial charge in [0.25, 0.3) is 0 Å². The summed E-state index contributed by atoms with van der Waals surface area (Å²) < 4.78 is 105. The van der Waals surface area contributed by atoms with E-state index in [0.717, 1.165) is 12.1 Å². The highest BCUT2D eigenvalue weighted by Gasteiger charge is 2.34. The zero-order chi connectivity index (χ0) is 25.8. The molecule has 0 fully saturated rings. The third kappa shape index (κ3) is 4.57. The Morgan fingerprint density at radius 2 is 1.57 bits per heavy atom. The summed E-state index contributed by atoms with van der Waals surface area (Å²) in [6, 6.07) is 6.03. The quantitative estimate of drug-likeness (QED) is 0.359. The summed E-state index contributed by atoms with van der Waals surface area (Å²) in [5, 5.41) is 6.72. The van der Waals surface area contributed by atoms with Crippen LogP contribution in [0.4, 0.5) is 26.3 Å². The SMILES string of the molecule is CCS(=O)(=O)c1cc(-c2ccc(C(F)(F)F)cc2)cnc1-c1nc2cc(C(F)(F)F)nnc2n1C. The van der Waals surface area contributed by atoms with Gasteiger partial charge in [-0.1, -0.05) is 19.1 Å². The van der Waals surface area contributed by atoms with E-state index < -0.39 is 33.4 Å². The summed E-state index contributed by atoms with van der Waals surface area (Å²) in [5.41, 5.74) is -1.95. The van der Waals surface area contributed by atoms with Gasteiger partial charge in [0.15, 0.2) is 27.0 Å². The Bertz CT molecular complexity index is 1530. The van der Waals surface area contributed by atoms with Crippen LogP contribution in [-0.4, -0.2) is 38.9 Å². The van der Waals surface area contributed by atoms with Crippen molar-refractivity contribution in [2.45, 2.75) is 24.2 Å². The second-order valence-electron chi connectivity index (χ2n) is 7.48. The van der Waals surface area contributed by atoms with Crippen LogP contribution < -0.4 is 0 Å². The molecule has 3 heterocycles. The van der Waals surface area contributed by atoms with Gasteiger partial charge in [-0.25, -0.2) is 13.4 Å². The molecule has 0 radical (unpaired) electrons. The first kappa shape index (κ1) is 24.6. The highest BCUT2D eigenvalue weighted by atomic mass is 32.2. The molecule has 0 unspecified atom stereocenters. The van der Waals surface area contributed by atoms with E-state index in [9.17, 15) is 34.8 Å². The first-order valence-electron chi connectivity index (χ1n) is 9.90. The number of halogens is 6. The Morgan fingerprint density at radius 1 is 0.914 bits per heavy atom. The smallest absolute Gasteiger partial charge is 0.309 e. The van der Waals surface area contributed by atoms with Gasteiger partial charge in [-0.05, 0) is 23.8 Å². The molecule has 0 atom stereocenters. The number of nitrogens with zero attached hydrogens (tertiary/aromatic N) is 5. The van der Waals surface area contributed by atoms with Crippen molar-refractivity contribution in [1.29, 1.82) is 0 Å². The van der Waals surface area contributed by atoms with Gasteiger partial charge in [-0.3, -0.25) is 4.98 Å². The number of fused-ring (bicyclic) bond motifs is 1. The molecule has 0 N–H and O–H groups in total. The highest BCUT2D eigenvalue weighted by molar-refractivity contribution is 7.91. The normalized spacial score (nSPS) is 12.9. The van der Waals surface area contributed by atoms with Gasteiger partial charge < -0.3 is 4.57 Å². The molecule has 4 aromatic rings. The molecule has 0 aliphatic rings. The second-order valence-corrected chi connectivity index (χ2v) is 9.73. The molecular formula is C21H15F6N5O2S. The molecule has 1 aromatic carbocycles. The van der Waals surface area contributed by atoms with E-state index in [4.69, 9.17) is 0 Å². The van der Waals surface area contributed by atoms with Crippen LogP contribution in [0.3, 0.4) is 0 Å². The Labute approximate surface area is 194 Å². The largest absolute Gasteiger partial charge is 0.435 e. The lowest BCUT2D eigenvalue weighted by atomic mass is 10.0. The molecule has 184 valence electrons. The molecule has 0 aliphatic carbocycles. The maximum Gasteiger partial charge on any atom is 0.435 e. The van der Waals surface area contributed by atoms with E-state index >= 15 is 0 Å². The van der Waals surface area contributed by atoms with Gasteiger partial charge in [0.2, 0.25) is 0 Å². The van der Waals surface area contributed by atoms with Crippen LogP contribution in [0.15, 0.2) is 47.5 Å². The summed E-state index contributed by atoms with van der Waals surface area (Å²) in [6.45, 7) is 1.39. The van der Waals surface area contributed by atoms with Crippen LogP contribution >= 0.6 is 0 Å². The van der Waals surface area contributed by atoms with Crippen molar-refractivity contribution < 1.29 is 34.8 Å². The molecule has 0 amide bonds. The first-order valence-corrected chi connectivity index (χ1v) is 11.6. The van der Waals surface area contributed by atoms with Crippen molar-refractivity contribution in [2.24, 2.45) is 7.05 Å². The Morgan fingerprint density at radius 3 is 2.14 bits per heavy atom. The van der Waals surface area contributed by atoms with E-state index in [-0.39, 0.29) is 44.5 Å². The van der Waals surface area contributed by atoms with Gasteiger partial charge in [0.05, 0.1) is 16.2 Å². The standard InChI is InChI=1S/C21H15F6N5O2S/c1-3-35(33,34)15-8-12(11-4-6-13(7-5-11)20(22,23)24)10-28-17(15)19-29-14-9-16(21(25,26)27)30-31-18(14)32(19)2/h4-10H,3H2,1-2H3. The maximum atomic E-state index is 13.0. The molecule has 0 bridgehead atoms. The van der Waals surface area contributed by atoms with Crippen molar-refractivity contribution in [3.63, 3.8) is 0 Å². The minimum atomic E-state index is -4.75. The Hall–Kier alpha value is -3.55. The number of rotatable bonds is 4. The van der Waals surface area contributed by atoms with Crippen LogP contribution in [0.5, 0.6) is 0 Å². The third-order valence-electron chi connectivity index (χ3n) is 5.23. The van der Waals surface area contributed by atoms with Crippen LogP contribution in [0, 0.1) is 0 Å². The summed E-state index contributed by atoms with van der Waals surface area (Å²) in [5.74, 6) is -0.403. The Kier molecular flexibility index (Phi) is 5.82. The van der Waals surface area contributed by atoms with Crippen molar-refractivity contribution >= 4 is 21.0 Å². The molecule has 0 saturated carbocycles. The van der Waals surface area contributed by atoms with Crippen molar-refractivity contribution in [2.75, 3.05) is 5.75 Å². The van der Waals surface area contributed by atoms with Crippen molar-refractivity contribution in [1.82, 2.24) is 24.7 Å². The first-order chi connectivity index (χ1) is 16.2. The zero-order valence-corrected chi connectivity index (χ0v) is 18.8. The molecule has 0 aliphatic heterocycles. The molecule has 3 aromatic heterocycles. The molecule has 0 spiro atoms. The maximum absolute atomic E-state index is 13.0. The minimum Gasteiger partial charge on any atom is -0.309 e. The number of aromatic nitrogens is 5. The molecule has 14 heteroatoms. The summed E-state index contributed by atoms with van der Waals surface area (Å²) in [4.78, 5) is 8.02. The third-order valence-corrected chi connectivity index (χ3v) is 6.97. The Balaban J connectivity index is 1.88. The van der Waals surface area contributed by atoms with Gasteiger partial charge in [-0.15, -0.1) is 10.2 Å². The molecular weight excluding hydrogens is 500 g/mol. The fourth-order valence-electron chi connectivity index (χ4n) is 3.35. The van der Waals surface area contributed by atoms with Gasteiger partial charge in [0, 0.05) is 24.9 Å². The van der Waals surface area contributed by atoms with Crippen LogP contribution in [-0.2, 0) is 29.2 Å². The van der Waals surface area contributed by atoms with E-state index in [0.29, 0.717) is 6.07 Å². The summed E-state index contributed by atoms with van der Waals surface area (Å²) in [7, 11) is -2.52. The number of benzene rings is 1. The second kappa shape index (κ2) is 8.29. The predicted octanol–water partition coefficient (Wildman–Crippen LogP) is 4.92. The van der Waals surface area contributed by atoms with Crippen LogP contribution in [0.25, 0.3) is 33.8 Å². The average Bonchev–Trinajstić information content (AvgIpc) is 3.13. The van der Waals surface area contributed by atoms with Crippen LogP contribution in [0.1, 0.15) is 18.2 Å². The van der Waals surface area contributed by atoms with Gasteiger partial charge >= 0.3 is 12.4 Å². The monoisotopic (exact) mass is 515 g/mol. The van der Waals surface area contributed by atoms with Crippen molar-refractivity contribution in [3.8, 4) is 22.6 Å². The van der Waals surface area contributed by atoms with Crippen molar-refractivity contribution in [3.05, 3.63) is 53.9 Å². The predicted molar refractivity (Wildman–Crippen MR) is 113 cm³/mol. The lowest BCUT2D eigenvalue weighted by molar-refractivity contribution is -0.141. The van der Waals surface area contributed by atoms with Crippen LogP contribution in [0.2, 0.25) is 0 Å². The fraction of sp³-hybridized carbons (Fsp3) is 0.238. The zero-order valence-electron chi connectivity index (χ0n) is 18.0. The topological polar surface area (TPSA) is 90.6 Å². The van der Waals surface area contributed by atoms with E-state index in [1.165, 1.54) is 42.9 Å². The molecule has 35 heavy (non-hydrogen) atoms. The number of aryl methyl sites for hydroxylation is 1. The van der Waals surface area contributed by atoms with E-state index in [1.807, 2.05) is 0 Å². The average molecular weight is 515 g/mol. The number of pyridine rings is 1. The van der Waals surface area contributed by atoms with Gasteiger partial charge in [0.1, 0.15) is 11.2 Å². The lowest BCUT2D eigenvalue weighted by Gasteiger charge is -2.12. The summed E-state index contributed by atoms with van der Waals surface area (Å²) >= 11 is 0. The number of imidazole rings is 1. The van der Waals surface area contributed by atoms with E-state index in [1.54, 1.807) is 0 Å². The number of hydrogen-bond acceptors (Lipinski definition) is 6. The summed E-state index contributed by atoms with van der Waals surface area (Å²) in [6.07, 6.45) is -8.04. The fourth-order valence-corrected chi connectivity index (χ4v) is 4.41. The minimum absolute atomic E-state index is 0.0264. The number of alkyl halides is 6. The molecule has 0 saturated heterocycles. The highest BCUT2D eigenvalue weighted by Crippen LogP contribution is 2.34. The number of hydrogen-bond donors (Lipinski definition) is 0. The molecule has 4 rings (SSSR count). The lowest BCUT2D eigenvalue weighted by Crippen LogP contribution is -2.10.